The van der Waals surface area contributed by atoms with Crippen LogP contribution < -0.4 is 0 Å². The second-order valence-corrected chi connectivity index (χ2v) is 6.81. The van der Waals surface area contributed by atoms with Crippen LogP contribution in [0.2, 0.25) is 5.02 Å². The lowest BCUT2D eigenvalue weighted by Gasteiger charge is -2.10. The molecule has 0 aliphatic carbocycles. The average Bonchev–Trinajstić information content (AvgIpc) is 3.02. The molecule has 0 fully saturated rings. The Morgan fingerprint density at radius 1 is 1.38 bits per heavy atom. The maximum atomic E-state index is 12.3. The van der Waals surface area contributed by atoms with Gasteiger partial charge in [0, 0.05) is 11.4 Å². The normalized spacial score (nSPS) is 14.3. The number of nitrogens with zero attached hydrogens (tertiary/aromatic N) is 1. The molecule has 2 aromatic rings. The van der Waals surface area contributed by atoms with E-state index in [2.05, 4.69) is 0 Å². The minimum absolute atomic E-state index is 0.308. The average molecular weight is 364 g/mol. The number of carbonyl (C=O) groups is 1. The summed E-state index contributed by atoms with van der Waals surface area (Å²) in [6.07, 6.45) is 3.42. The van der Waals surface area contributed by atoms with Crippen LogP contribution in [0.3, 0.4) is 0 Å². The highest BCUT2D eigenvalue weighted by Gasteiger charge is 2.21. The van der Waals surface area contributed by atoms with Crippen LogP contribution in [0.25, 0.3) is 5.57 Å². The number of hydrogen-bond donors (Lipinski definition) is 0. The molecule has 0 amide bonds. The van der Waals surface area contributed by atoms with Crippen molar-refractivity contribution in [2.45, 2.75) is 19.8 Å². The summed E-state index contributed by atoms with van der Waals surface area (Å²) in [5.41, 5.74) is 2.95. The van der Waals surface area contributed by atoms with Crippen molar-refractivity contribution in [3.63, 3.8) is 0 Å². The third-order valence-corrected chi connectivity index (χ3v) is 5.09. The van der Waals surface area contributed by atoms with Gasteiger partial charge in [-0.15, -0.1) is 11.3 Å². The Balaban J connectivity index is 1.92. The monoisotopic (exact) mass is 363 g/mol. The molecule has 1 aliphatic rings. The van der Waals surface area contributed by atoms with Gasteiger partial charge in [-0.05, 0) is 36.6 Å². The van der Waals surface area contributed by atoms with Crippen LogP contribution >= 0.6 is 22.9 Å². The van der Waals surface area contributed by atoms with Crippen LogP contribution in [-0.4, -0.2) is 30.8 Å². The van der Waals surface area contributed by atoms with Gasteiger partial charge in [0.25, 0.3) is 0 Å². The van der Waals surface area contributed by atoms with Crippen molar-refractivity contribution in [3.05, 3.63) is 56.5 Å². The molecule has 0 N–H and O–H groups in total. The zero-order valence-electron chi connectivity index (χ0n) is 13.4. The third-order valence-electron chi connectivity index (χ3n) is 3.68. The maximum absolute atomic E-state index is 12.3. The number of halogens is 1. The summed E-state index contributed by atoms with van der Waals surface area (Å²) in [7, 11) is 0. The predicted molar refractivity (Wildman–Crippen MR) is 95.7 cm³/mol. The van der Waals surface area contributed by atoms with Gasteiger partial charge in [0.05, 0.1) is 25.5 Å². The van der Waals surface area contributed by atoms with E-state index in [0.29, 0.717) is 36.1 Å². The fourth-order valence-electron chi connectivity index (χ4n) is 2.48. The van der Waals surface area contributed by atoms with Crippen LogP contribution in [0.5, 0.6) is 0 Å². The molecule has 0 atom stereocenters. The van der Waals surface area contributed by atoms with Crippen molar-refractivity contribution in [3.8, 4) is 0 Å². The van der Waals surface area contributed by atoms with Gasteiger partial charge in [0.2, 0.25) is 0 Å². The molecule has 1 aromatic carbocycles. The zero-order chi connectivity index (χ0) is 16.9. The Morgan fingerprint density at radius 3 is 2.83 bits per heavy atom. The van der Waals surface area contributed by atoms with Gasteiger partial charge in [0.15, 0.2) is 0 Å². The smallest absolute Gasteiger partial charge is 0.350 e. The molecular formula is C18H18ClNO3S. The van der Waals surface area contributed by atoms with E-state index in [4.69, 9.17) is 26.1 Å². The van der Waals surface area contributed by atoms with E-state index in [1.54, 1.807) is 6.92 Å². The third kappa shape index (κ3) is 4.04. The quantitative estimate of drug-likeness (QED) is 0.740. The van der Waals surface area contributed by atoms with Crippen LogP contribution in [0.4, 0.5) is 0 Å². The number of hydrogen-bond acceptors (Lipinski definition) is 5. The van der Waals surface area contributed by atoms with Crippen molar-refractivity contribution < 1.29 is 14.3 Å². The van der Waals surface area contributed by atoms with E-state index in [1.165, 1.54) is 11.3 Å². The number of rotatable bonds is 5. The van der Waals surface area contributed by atoms with Gasteiger partial charge in [-0.25, -0.2) is 9.78 Å². The zero-order valence-corrected chi connectivity index (χ0v) is 15.0. The molecule has 1 aliphatic heterocycles. The fraction of sp³-hybridized carbons (Fsp3) is 0.333. The van der Waals surface area contributed by atoms with E-state index in [9.17, 15) is 4.79 Å². The van der Waals surface area contributed by atoms with Crippen LogP contribution in [0, 0.1) is 0 Å². The molecule has 6 heteroatoms. The first-order valence-electron chi connectivity index (χ1n) is 7.85. The van der Waals surface area contributed by atoms with Gasteiger partial charge in [-0.2, -0.15) is 0 Å². The molecular weight excluding hydrogens is 346 g/mol. The van der Waals surface area contributed by atoms with Gasteiger partial charge < -0.3 is 9.47 Å². The number of carbonyl (C=O) groups excluding carboxylic acids is 1. The lowest BCUT2D eigenvalue weighted by atomic mass is 10.1. The van der Waals surface area contributed by atoms with E-state index in [0.717, 1.165) is 28.3 Å². The Bertz CT molecular complexity index is 752. The largest absolute Gasteiger partial charge is 0.462 e. The summed E-state index contributed by atoms with van der Waals surface area (Å²) in [6.45, 7) is 3.44. The van der Waals surface area contributed by atoms with E-state index >= 15 is 0 Å². The summed E-state index contributed by atoms with van der Waals surface area (Å²) in [4.78, 5) is 17.6. The molecule has 0 unspecified atom stereocenters. The lowest BCUT2D eigenvalue weighted by molar-refractivity contribution is 0.0530. The van der Waals surface area contributed by atoms with Gasteiger partial charge in [-0.1, -0.05) is 29.8 Å². The van der Waals surface area contributed by atoms with Crippen LogP contribution in [-0.2, 0) is 15.9 Å². The Morgan fingerprint density at radius 2 is 2.17 bits per heavy atom. The molecule has 4 nitrogen and oxygen atoms in total. The van der Waals surface area contributed by atoms with E-state index < -0.39 is 0 Å². The molecule has 0 saturated carbocycles. The second-order valence-electron chi connectivity index (χ2n) is 5.37. The first-order chi connectivity index (χ1) is 11.7. The summed E-state index contributed by atoms with van der Waals surface area (Å²) in [6, 6.07) is 7.58. The Labute approximate surface area is 150 Å². The first-order valence-corrected chi connectivity index (χ1v) is 9.05. The molecule has 0 bridgehead atoms. The van der Waals surface area contributed by atoms with Crippen molar-refractivity contribution in [1.82, 2.24) is 4.98 Å². The van der Waals surface area contributed by atoms with Crippen molar-refractivity contribution in [2.75, 3.05) is 19.8 Å². The Kier molecular flexibility index (Phi) is 5.66. The van der Waals surface area contributed by atoms with Gasteiger partial charge >= 0.3 is 5.97 Å². The van der Waals surface area contributed by atoms with Gasteiger partial charge in [-0.3, -0.25) is 0 Å². The fourth-order valence-corrected chi connectivity index (χ4v) is 3.65. The molecule has 24 heavy (non-hydrogen) atoms. The van der Waals surface area contributed by atoms with Crippen molar-refractivity contribution in [1.29, 1.82) is 0 Å². The molecule has 0 spiro atoms. The minimum atomic E-state index is -0.308. The van der Waals surface area contributed by atoms with Gasteiger partial charge in [0.1, 0.15) is 9.88 Å². The highest BCUT2D eigenvalue weighted by atomic mass is 35.5. The molecule has 0 saturated heterocycles. The molecule has 2 heterocycles. The summed E-state index contributed by atoms with van der Waals surface area (Å²) in [5, 5.41) is 1.57. The molecule has 3 rings (SSSR count). The SMILES string of the molecule is CCOC(=O)c1sc(C2=CCOCC2)nc1Cc1ccc(Cl)cc1. The second kappa shape index (κ2) is 7.92. The highest BCUT2D eigenvalue weighted by Crippen LogP contribution is 2.30. The number of thiazole rings is 1. The summed E-state index contributed by atoms with van der Waals surface area (Å²) in [5.74, 6) is -0.308. The summed E-state index contributed by atoms with van der Waals surface area (Å²) >= 11 is 7.34. The summed E-state index contributed by atoms with van der Waals surface area (Å²) < 4.78 is 10.5. The number of aromatic nitrogens is 1. The van der Waals surface area contributed by atoms with Crippen molar-refractivity contribution >= 4 is 34.5 Å². The minimum Gasteiger partial charge on any atom is -0.462 e. The standard InChI is InChI=1S/C18H18ClNO3S/c1-2-23-18(21)16-15(11-12-3-5-14(19)6-4-12)20-17(24-16)13-7-9-22-10-8-13/h3-7H,2,8-11H2,1H3. The topological polar surface area (TPSA) is 48.4 Å². The first kappa shape index (κ1) is 17.1. The number of ether oxygens (including phenoxy) is 2. The molecule has 126 valence electrons. The number of esters is 1. The maximum Gasteiger partial charge on any atom is 0.350 e. The van der Waals surface area contributed by atoms with Crippen LogP contribution in [0.1, 0.15) is 39.3 Å². The predicted octanol–water partition coefficient (Wildman–Crippen LogP) is 4.37. The Hall–Kier alpha value is -1.69. The van der Waals surface area contributed by atoms with E-state index in [1.807, 2.05) is 30.3 Å². The number of benzene rings is 1. The highest BCUT2D eigenvalue weighted by molar-refractivity contribution is 7.14. The molecule has 0 radical (unpaired) electrons. The van der Waals surface area contributed by atoms with Crippen LogP contribution in [0.15, 0.2) is 30.3 Å². The lowest BCUT2D eigenvalue weighted by Crippen LogP contribution is -2.06. The van der Waals surface area contributed by atoms with E-state index in [-0.39, 0.29) is 5.97 Å². The molecule has 1 aromatic heterocycles. The van der Waals surface area contributed by atoms with Crippen molar-refractivity contribution in [2.24, 2.45) is 0 Å².